The number of sulfone groups is 1. The second-order valence-corrected chi connectivity index (χ2v) is 7.40. The molecule has 1 atom stereocenters. The van der Waals surface area contributed by atoms with E-state index < -0.39 is 15.9 Å². The Balaban J connectivity index is 2.58. The Kier molecular flexibility index (Phi) is 5.17. The van der Waals surface area contributed by atoms with Crippen LogP contribution in [0.2, 0.25) is 0 Å². The minimum atomic E-state index is -3.32. The Morgan fingerprint density at radius 1 is 1.15 bits per heavy atom. The zero-order chi connectivity index (χ0) is 14.6. The van der Waals surface area contributed by atoms with Crippen LogP contribution in [0.5, 0.6) is 0 Å². The summed E-state index contributed by atoms with van der Waals surface area (Å²) in [5, 5.41) is 10.3. The predicted octanol–water partition coefficient (Wildman–Crippen LogP) is 2.71. The molecular weight excluding hydrogens is 291 g/mol. The maximum Gasteiger partial charge on any atom is 0.179 e. The first kappa shape index (κ1) is 15.5. The van der Waals surface area contributed by atoms with Gasteiger partial charge in [-0.3, -0.25) is 0 Å². The van der Waals surface area contributed by atoms with Gasteiger partial charge in [-0.05, 0) is 18.9 Å². The van der Waals surface area contributed by atoms with Gasteiger partial charge in [0, 0.05) is 11.1 Å². The summed E-state index contributed by atoms with van der Waals surface area (Å²) in [6, 6.07) is 6.84. The van der Waals surface area contributed by atoms with E-state index in [4.69, 9.17) is 0 Å². The Bertz CT molecular complexity index is 630. The lowest BCUT2D eigenvalue weighted by Crippen LogP contribution is -2.14. The molecule has 1 heterocycles. The number of aliphatic hydroxyl groups excluding tert-OH is 1. The highest BCUT2D eigenvalue weighted by Gasteiger charge is 2.23. The molecule has 0 aliphatic carbocycles. The smallest absolute Gasteiger partial charge is 0.179 e. The molecule has 0 radical (unpaired) electrons. The zero-order valence-corrected chi connectivity index (χ0v) is 13.1. The maximum absolute atomic E-state index is 12.5. The first-order valence-corrected chi connectivity index (χ1v) is 9.01. The molecule has 1 N–H and O–H groups in total. The Hall–Kier alpha value is -0.920. The van der Waals surface area contributed by atoms with Gasteiger partial charge in [0.15, 0.2) is 9.84 Å². The van der Waals surface area contributed by atoms with Crippen molar-refractivity contribution in [2.45, 2.75) is 43.1 Å². The third kappa shape index (κ3) is 3.39. The topological polar surface area (TPSA) is 54.4 Å². The average molecular weight is 310 g/mol. The van der Waals surface area contributed by atoms with Gasteiger partial charge in [-0.15, -0.1) is 0 Å². The van der Waals surface area contributed by atoms with Gasteiger partial charge >= 0.3 is 0 Å². The van der Waals surface area contributed by atoms with Gasteiger partial charge in [0.1, 0.15) is 0 Å². The number of fused-ring (bicyclic) bond motifs is 1. The van der Waals surface area contributed by atoms with Crippen LogP contribution in [0, 0.1) is 0 Å². The highest BCUT2D eigenvalue weighted by atomic mass is 32.2. The highest BCUT2D eigenvalue weighted by molar-refractivity contribution is 7.91. The van der Waals surface area contributed by atoms with Crippen LogP contribution in [0.25, 0.3) is 5.57 Å². The molecule has 0 saturated heterocycles. The lowest BCUT2D eigenvalue weighted by atomic mass is 9.98. The summed E-state index contributed by atoms with van der Waals surface area (Å²) in [6.45, 7) is 0. The summed E-state index contributed by atoms with van der Waals surface area (Å²) < 4.78 is 24.9. The third-order valence-electron chi connectivity index (χ3n) is 3.62. The Morgan fingerprint density at radius 2 is 1.85 bits per heavy atom. The van der Waals surface area contributed by atoms with Crippen molar-refractivity contribution < 1.29 is 13.5 Å². The fourth-order valence-corrected chi connectivity index (χ4v) is 4.43. The van der Waals surface area contributed by atoms with Gasteiger partial charge in [0.25, 0.3) is 0 Å². The molecule has 0 saturated carbocycles. The quantitative estimate of drug-likeness (QED) is 0.750. The van der Waals surface area contributed by atoms with E-state index >= 15 is 0 Å². The van der Waals surface area contributed by atoms with Crippen LogP contribution in [0.4, 0.5) is 0 Å². The van der Waals surface area contributed by atoms with Gasteiger partial charge in [-0.2, -0.15) is 0 Å². The summed E-state index contributed by atoms with van der Waals surface area (Å²) >= 11 is 0. The molecule has 0 unspecified atom stereocenters. The lowest BCUT2D eigenvalue weighted by molar-refractivity contribution is 0.218. The number of hydrogen-bond acceptors (Lipinski definition) is 3. The highest BCUT2D eigenvalue weighted by Crippen LogP contribution is 2.28. The van der Waals surface area contributed by atoms with Crippen LogP contribution < -0.4 is 0 Å². The molecule has 108 valence electrons. The van der Waals surface area contributed by atoms with Crippen molar-refractivity contribution in [3.8, 4) is 0 Å². The summed E-state index contributed by atoms with van der Waals surface area (Å²) in [5.74, 6) is 0.162. The molecule has 0 bridgehead atoms. The molecule has 1 aliphatic rings. The van der Waals surface area contributed by atoms with E-state index in [0.717, 1.165) is 19.3 Å². The van der Waals surface area contributed by atoms with E-state index in [0.29, 0.717) is 28.9 Å². The van der Waals surface area contributed by atoms with Crippen LogP contribution in [0.15, 0.2) is 29.2 Å². The summed E-state index contributed by atoms with van der Waals surface area (Å²) in [4.78, 5) is 0.293. The van der Waals surface area contributed by atoms with Crippen LogP contribution >= 0.6 is 8.86 Å². The van der Waals surface area contributed by atoms with E-state index in [-0.39, 0.29) is 5.75 Å². The van der Waals surface area contributed by atoms with Crippen molar-refractivity contribution in [1.29, 1.82) is 0 Å². The molecule has 1 aromatic carbocycles. The molecule has 0 aromatic heterocycles. The first-order chi connectivity index (χ1) is 9.56. The molecule has 0 spiro atoms. The van der Waals surface area contributed by atoms with Crippen molar-refractivity contribution in [2.75, 3.05) is 5.75 Å². The fraction of sp³-hybridized carbons (Fsp3) is 0.467. The number of aliphatic hydroxyl groups is 1. The van der Waals surface area contributed by atoms with Crippen LogP contribution in [-0.4, -0.2) is 30.8 Å². The normalized spacial score (nSPS) is 23.2. The second-order valence-electron chi connectivity index (χ2n) is 5.07. The second kappa shape index (κ2) is 6.69. The van der Waals surface area contributed by atoms with E-state index in [9.17, 15) is 13.5 Å². The lowest BCUT2D eigenvalue weighted by Gasteiger charge is -2.15. The Labute approximate surface area is 122 Å². The standard InChI is InChI=1S/C15H19O3PS/c16-14-8-3-1-2-6-10-20(17,18)15-9-5-4-7-12(15)13(14)11-19/h4-5,7,9,14,16,19H,1-3,6,8,10H2/t14-/m0/s1. The molecule has 20 heavy (non-hydrogen) atoms. The molecular formula is C15H19O3PS. The van der Waals surface area contributed by atoms with Gasteiger partial charge in [-0.1, -0.05) is 51.8 Å². The van der Waals surface area contributed by atoms with Gasteiger partial charge in [0.2, 0.25) is 0 Å². The maximum atomic E-state index is 12.5. The zero-order valence-electron chi connectivity index (χ0n) is 11.3. The van der Waals surface area contributed by atoms with Gasteiger partial charge < -0.3 is 5.11 Å². The van der Waals surface area contributed by atoms with E-state index in [1.165, 1.54) is 0 Å². The molecule has 3 nitrogen and oxygen atoms in total. The summed E-state index contributed by atoms with van der Waals surface area (Å²) in [5.41, 5.74) is 3.86. The molecule has 0 fully saturated rings. The number of hydrogen-bond donors (Lipinski definition) is 1. The number of rotatable bonds is 0. The van der Waals surface area contributed by atoms with Crippen LogP contribution in [-0.2, 0) is 9.84 Å². The molecule has 1 aliphatic heterocycles. The molecule has 1 aromatic rings. The van der Waals surface area contributed by atoms with Gasteiger partial charge in [-0.25, -0.2) is 8.42 Å². The summed E-state index contributed by atoms with van der Waals surface area (Å²) in [7, 11) is -0.123. The molecule has 0 amide bonds. The SMILES string of the molecule is O=S1(=O)CCCCCC[C@H](O)C(=C=P)c2ccccc21. The van der Waals surface area contributed by atoms with E-state index in [2.05, 4.69) is 14.3 Å². The van der Waals surface area contributed by atoms with Gasteiger partial charge in [0.05, 0.1) is 16.8 Å². The predicted molar refractivity (Wildman–Crippen MR) is 84.3 cm³/mol. The fourth-order valence-electron chi connectivity index (χ4n) is 2.53. The average Bonchev–Trinajstić information content (AvgIpc) is 2.45. The minimum Gasteiger partial charge on any atom is -0.388 e. The van der Waals surface area contributed by atoms with Crippen LogP contribution in [0.3, 0.4) is 0 Å². The van der Waals surface area contributed by atoms with E-state index in [1.54, 1.807) is 24.3 Å². The van der Waals surface area contributed by atoms with Crippen molar-refractivity contribution in [2.24, 2.45) is 0 Å². The number of benzene rings is 1. The van der Waals surface area contributed by atoms with E-state index in [1.807, 2.05) is 0 Å². The van der Waals surface area contributed by atoms with Crippen molar-refractivity contribution in [3.05, 3.63) is 29.8 Å². The van der Waals surface area contributed by atoms with Crippen molar-refractivity contribution in [1.82, 2.24) is 0 Å². The van der Waals surface area contributed by atoms with Crippen molar-refractivity contribution in [3.63, 3.8) is 0 Å². The monoisotopic (exact) mass is 310 g/mol. The first-order valence-electron chi connectivity index (χ1n) is 6.86. The molecule has 2 rings (SSSR count). The molecule has 5 heteroatoms. The Morgan fingerprint density at radius 3 is 2.60 bits per heavy atom. The largest absolute Gasteiger partial charge is 0.388 e. The third-order valence-corrected chi connectivity index (χ3v) is 5.74. The summed E-state index contributed by atoms with van der Waals surface area (Å²) in [6.07, 6.45) is 3.32. The van der Waals surface area contributed by atoms with Crippen LogP contribution in [0.1, 0.15) is 37.7 Å². The minimum absolute atomic E-state index is 0.162. The van der Waals surface area contributed by atoms with Crippen molar-refractivity contribution >= 4 is 29.7 Å².